The third-order valence-electron chi connectivity index (χ3n) is 2.98. The molecule has 0 saturated heterocycles. The van der Waals surface area contributed by atoms with Gasteiger partial charge in [-0.25, -0.2) is 0 Å². The molecule has 0 spiro atoms. The molecule has 1 aliphatic heterocycles. The van der Waals surface area contributed by atoms with Gasteiger partial charge >= 0.3 is 0 Å². The van der Waals surface area contributed by atoms with Gasteiger partial charge in [-0.2, -0.15) is 5.11 Å². The average molecular weight is 275 g/mol. The second kappa shape index (κ2) is 5.93. The first kappa shape index (κ1) is 13.7. The largest absolute Gasteiger partial charge is 0.486 e. The van der Waals surface area contributed by atoms with Crippen LogP contribution in [0.4, 0.5) is 0 Å². The summed E-state index contributed by atoms with van der Waals surface area (Å²) < 4.78 is 5.96. The van der Waals surface area contributed by atoms with Crippen LogP contribution in [-0.2, 0) is 0 Å². The van der Waals surface area contributed by atoms with Crippen LogP contribution in [0.1, 0.15) is 12.5 Å². The molecular formula is C14H17N3OS. The molecule has 0 N–H and O–H groups in total. The van der Waals surface area contributed by atoms with E-state index < -0.39 is 0 Å². The normalized spacial score (nSPS) is 19.6. The quantitative estimate of drug-likeness (QED) is 0.611. The van der Waals surface area contributed by atoms with Crippen LogP contribution in [0, 0.1) is 6.92 Å². The zero-order valence-electron chi connectivity index (χ0n) is 11.1. The van der Waals surface area contributed by atoms with Gasteiger partial charge in [-0.3, -0.25) is 0 Å². The zero-order chi connectivity index (χ0) is 13.8. The van der Waals surface area contributed by atoms with E-state index in [1.165, 1.54) is 0 Å². The maximum absolute atomic E-state index is 5.96. The molecule has 0 aliphatic carbocycles. The highest BCUT2D eigenvalue weighted by molar-refractivity contribution is 7.80. The van der Waals surface area contributed by atoms with Crippen LogP contribution in [0.3, 0.4) is 0 Å². The van der Waals surface area contributed by atoms with Crippen molar-refractivity contribution >= 4 is 17.3 Å². The molecule has 1 aromatic carbocycles. The lowest BCUT2D eigenvalue weighted by Gasteiger charge is -2.27. The molecule has 0 bridgehead atoms. The Balaban J connectivity index is 2.09. The maximum Gasteiger partial charge on any atom is 0.218 e. The first-order valence-electron chi connectivity index (χ1n) is 6.18. The number of nitrogens with zero attached hydrogens (tertiary/aromatic N) is 3. The van der Waals surface area contributed by atoms with E-state index in [4.69, 9.17) is 17.0 Å². The Morgan fingerprint density at radius 3 is 2.95 bits per heavy atom. The van der Waals surface area contributed by atoms with Crippen LogP contribution < -0.4 is 4.74 Å². The molecule has 19 heavy (non-hydrogen) atoms. The topological polar surface area (TPSA) is 37.2 Å². The van der Waals surface area contributed by atoms with Gasteiger partial charge in [0.2, 0.25) is 5.11 Å². The Bertz CT molecular complexity index is 515. The molecule has 2 atom stereocenters. The van der Waals surface area contributed by atoms with Crippen molar-refractivity contribution in [2.45, 2.75) is 26.1 Å². The van der Waals surface area contributed by atoms with Gasteiger partial charge < -0.3 is 9.64 Å². The van der Waals surface area contributed by atoms with E-state index in [-0.39, 0.29) is 12.3 Å². The van der Waals surface area contributed by atoms with E-state index in [0.717, 1.165) is 11.3 Å². The third kappa shape index (κ3) is 2.98. The number of thiocarbonyl (C=S) groups is 1. The number of ether oxygens (including phenoxy) is 1. The lowest BCUT2D eigenvalue weighted by atomic mass is 10.2. The van der Waals surface area contributed by atoms with E-state index in [9.17, 15) is 0 Å². The summed E-state index contributed by atoms with van der Waals surface area (Å²) in [6.45, 7) is 8.34. The van der Waals surface area contributed by atoms with Crippen molar-refractivity contribution in [3.8, 4) is 5.75 Å². The molecule has 1 heterocycles. The van der Waals surface area contributed by atoms with Crippen molar-refractivity contribution in [2.24, 2.45) is 10.2 Å². The first-order chi connectivity index (χ1) is 9.13. The number of aryl methyl sites for hydroxylation is 1. The van der Waals surface area contributed by atoms with Crippen molar-refractivity contribution in [1.82, 2.24) is 4.90 Å². The summed E-state index contributed by atoms with van der Waals surface area (Å²) in [5.74, 6) is 0.863. The van der Waals surface area contributed by atoms with Crippen LogP contribution >= 0.6 is 12.2 Å². The van der Waals surface area contributed by atoms with Crippen LogP contribution in [0.15, 0.2) is 47.1 Å². The third-order valence-corrected chi connectivity index (χ3v) is 3.29. The fraction of sp³-hybridized carbons (Fsp3) is 0.357. The van der Waals surface area contributed by atoms with Gasteiger partial charge in [-0.05, 0) is 37.7 Å². The minimum absolute atomic E-state index is 0.134. The Kier molecular flexibility index (Phi) is 4.27. The van der Waals surface area contributed by atoms with E-state index in [0.29, 0.717) is 11.7 Å². The zero-order valence-corrected chi connectivity index (χ0v) is 11.9. The number of hydrogen-bond donors (Lipinski definition) is 0. The lowest BCUT2D eigenvalue weighted by Crippen LogP contribution is -2.42. The van der Waals surface area contributed by atoms with Crippen molar-refractivity contribution < 1.29 is 4.74 Å². The van der Waals surface area contributed by atoms with Gasteiger partial charge in [0, 0.05) is 6.54 Å². The van der Waals surface area contributed by atoms with Crippen molar-refractivity contribution in [3.05, 3.63) is 42.5 Å². The summed E-state index contributed by atoms with van der Waals surface area (Å²) in [6.07, 6.45) is 1.46. The monoisotopic (exact) mass is 275 g/mol. The van der Waals surface area contributed by atoms with Gasteiger partial charge in [0.15, 0.2) is 6.17 Å². The second-order valence-corrected chi connectivity index (χ2v) is 4.81. The van der Waals surface area contributed by atoms with Gasteiger partial charge in [-0.15, -0.1) is 11.7 Å². The van der Waals surface area contributed by atoms with E-state index in [1.54, 1.807) is 6.08 Å². The number of hydrogen-bond acceptors (Lipinski definition) is 3. The molecule has 0 fully saturated rings. The van der Waals surface area contributed by atoms with Gasteiger partial charge in [-0.1, -0.05) is 24.3 Å². The van der Waals surface area contributed by atoms with Crippen molar-refractivity contribution in [2.75, 3.05) is 6.54 Å². The number of benzene rings is 1. The summed E-state index contributed by atoms with van der Waals surface area (Å²) in [5, 5.41) is 8.63. The SMILES string of the molecule is C=CCN1C(=S)N=NC1C(C)Oc1ccccc1C. The summed E-state index contributed by atoms with van der Waals surface area (Å²) >= 11 is 5.15. The fourth-order valence-corrected chi connectivity index (χ4v) is 2.19. The summed E-state index contributed by atoms with van der Waals surface area (Å²) in [6, 6.07) is 7.91. The van der Waals surface area contributed by atoms with Gasteiger partial charge in [0.1, 0.15) is 11.9 Å². The highest BCUT2D eigenvalue weighted by Crippen LogP contribution is 2.23. The first-order valence-corrected chi connectivity index (χ1v) is 6.59. The number of para-hydroxylation sites is 1. The standard InChI is InChI=1S/C14H17N3OS/c1-4-9-17-13(15-16-14(17)19)11(3)18-12-8-6-5-7-10(12)2/h4-8,11,13H,1,9H2,2-3H3. The molecular weight excluding hydrogens is 258 g/mol. The highest BCUT2D eigenvalue weighted by atomic mass is 32.1. The average Bonchev–Trinajstić information content (AvgIpc) is 2.75. The number of azo groups is 1. The predicted molar refractivity (Wildman–Crippen MR) is 79.4 cm³/mol. The van der Waals surface area contributed by atoms with Crippen LogP contribution in [0.2, 0.25) is 0 Å². The van der Waals surface area contributed by atoms with Crippen LogP contribution in [0.5, 0.6) is 5.75 Å². The van der Waals surface area contributed by atoms with E-state index >= 15 is 0 Å². The summed E-state index contributed by atoms with van der Waals surface area (Å²) in [5.41, 5.74) is 1.10. The van der Waals surface area contributed by atoms with Gasteiger partial charge in [0.25, 0.3) is 0 Å². The molecule has 0 saturated carbocycles. The highest BCUT2D eigenvalue weighted by Gasteiger charge is 2.31. The Morgan fingerprint density at radius 1 is 1.53 bits per heavy atom. The van der Waals surface area contributed by atoms with Crippen LogP contribution in [0.25, 0.3) is 0 Å². The Labute approximate surface area is 118 Å². The van der Waals surface area contributed by atoms with Crippen molar-refractivity contribution in [3.63, 3.8) is 0 Å². The van der Waals surface area contributed by atoms with E-state index in [1.807, 2.05) is 43.0 Å². The summed E-state index contributed by atoms with van der Waals surface area (Å²) in [7, 11) is 0. The Hall–Kier alpha value is -1.75. The minimum Gasteiger partial charge on any atom is -0.486 e. The lowest BCUT2D eigenvalue weighted by molar-refractivity contribution is 0.135. The molecule has 0 radical (unpaired) electrons. The summed E-state index contributed by atoms with van der Waals surface area (Å²) in [4.78, 5) is 1.91. The molecule has 2 unspecified atom stereocenters. The van der Waals surface area contributed by atoms with Gasteiger partial charge in [0.05, 0.1) is 0 Å². The molecule has 0 aromatic heterocycles. The second-order valence-electron chi connectivity index (χ2n) is 4.44. The molecule has 5 heteroatoms. The fourth-order valence-electron chi connectivity index (χ4n) is 1.96. The predicted octanol–water partition coefficient (Wildman–Crippen LogP) is 3.33. The minimum atomic E-state index is -0.190. The maximum atomic E-state index is 5.96. The molecule has 4 nitrogen and oxygen atoms in total. The van der Waals surface area contributed by atoms with Crippen LogP contribution in [-0.4, -0.2) is 28.8 Å². The molecule has 100 valence electrons. The smallest absolute Gasteiger partial charge is 0.218 e. The number of rotatable bonds is 5. The Morgan fingerprint density at radius 2 is 2.26 bits per heavy atom. The van der Waals surface area contributed by atoms with E-state index in [2.05, 4.69) is 16.8 Å². The van der Waals surface area contributed by atoms with Crippen molar-refractivity contribution in [1.29, 1.82) is 0 Å². The molecule has 2 rings (SSSR count). The molecule has 0 amide bonds. The molecule has 1 aromatic rings. The molecule has 1 aliphatic rings.